The predicted molar refractivity (Wildman–Crippen MR) is 66.1 cm³/mol. The van der Waals surface area contributed by atoms with E-state index < -0.39 is 0 Å². The number of hydrogen-bond donors (Lipinski definition) is 2. The Labute approximate surface area is 97.9 Å². The van der Waals surface area contributed by atoms with Crippen LogP contribution in [0.1, 0.15) is 5.69 Å². The first-order chi connectivity index (χ1) is 8.34. The summed E-state index contributed by atoms with van der Waals surface area (Å²) in [6, 6.07) is 5.71. The van der Waals surface area contributed by atoms with Gasteiger partial charge in [-0.15, -0.1) is 0 Å². The number of nitrogens with one attached hydrogen (secondary N) is 2. The minimum atomic E-state index is 0.793. The van der Waals surface area contributed by atoms with Crippen LogP contribution in [0.4, 0.5) is 11.5 Å². The molecule has 3 heterocycles. The van der Waals surface area contributed by atoms with E-state index in [1.165, 1.54) is 0 Å². The van der Waals surface area contributed by atoms with Gasteiger partial charge in [0.2, 0.25) is 0 Å². The minimum Gasteiger partial charge on any atom is -0.338 e. The maximum Gasteiger partial charge on any atom is 0.141 e. The molecule has 3 aromatic rings. The third-order valence-corrected chi connectivity index (χ3v) is 2.57. The molecule has 3 aromatic heterocycles. The molecule has 0 aliphatic carbocycles. The highest BCUT2D eigenvalue weighted by atomic mass is 15.1. The van der Waals surface area contributed by atoms with Gasteiger partial charge < -0.3 is 5.32 Å². The summed E-state index contributed by atoms with van der Waals surface area (Å²) in [5.41, 5.74) is 2.82. The van der Waals surface area contributed by atoms with Crippen LogP contribution in [-0.4, -0.2) is 20.2 Å². The lowest BCUT2D eigenvalue weighted by Crippen LogP contribution is -1.94. The first-order valence-electron chi connectivity index (χ1n) is 5.31. The molecule has 0 bridgehead atoms. The summed E-state index contributed by atoms with van der Waals surface area (Å²) in [4.78, 5) is 8.39. The first-order valence-corrected chi connectivity index (χ1v) is 5.31. The number of aromatic amines is 1. The highest BCUT2D eigenvalue weighted by Gasteiger charge is 2.08. The zero-order valence-corrected chi connectivity index (χ0v) is 9.31. The van der Waals surface area contributed by atoms with E-state index in [2.05, 4.69) is 25.5 Å². The molecule has 3 rings (SSSR count). The number of aryl methyl sites for hydroxylation is 1. The minimum absolute atomic E-state index is 0.793. The molecular formula is C12H11N5. The number of hydrogen-bond acceptors (Lipinski definition) is 4. The maximum atomic E-state index is 4.34. The second-order valence-electron chi connectivity index (χ2n) is 3.77. The molecule has 0 aromatic carbocycles. The topological polar surface area (TPSA) is 66.5 Å². The average Bonchev–Trinajstić information content (AvgIpc) is 2.74. The summed E-state index contributed by atoms with van der Waals surface area (Å²) in [6.07, 6.45) is 5.24. The van der Waals surface area contributed by atoms with Crippen LogP contribution in [0.2, 0.25) is 0 Å². The van der Waals surface area contributed by atoms with Gasteiger partial charge in [-0.3, -0.25) is 10.1 Å². The summed E-state index contributed by atoms with van der Waals surface area (Å²) in [7, 11) is 0. The molecule has 0 atom stereocenters. The standard InChI is InChI=1S/C12H11N5/c1-8-11-10(17-16-8)4-6-14-12(11)15-9-3-2-5-13-7-9/h2-7H,1H3,(H,14,15)(H,16,17). The van der Waals surface area contributed by atoms with Crippen molar-refractivity contribution in [3.05, 3.63) is 42.5 Å². The van der Waals surface area contributed by atoms with E-state index in [4.69, 9.17) is 0 Å². The van der Waals surface area contributed by atoms with Gasteiger partial charge in [0, 0.05) is 18.1 Å². The maximum absolute atomic E-state index is 4.34. The van der Waals surface area contributed by atoms with E-state index in [0.29, 0.717) is 0 Å². The zero-order chi connectivity index (χ0) is 11.7. The molecule has 0 fully saturated rings. The van der Waals surface area contributed by atoms with Gasteiger partial charge >= 0.3 is 0 Å². The summed E-state index contributed by atoms with van der Waals surface area (Å²) >= 11 is 0. The van der Waals surface area contributed by atoms with Gasteiger partial charge in [-0.1, -0.05) is 0 Å². The normalized spacial score (nSPS) is 10.6. The van der Waals surface area contributed by atoms with Crippen LogP contribution >= 0.6 is 0 Å². The second-order valence-corrected chi connectivity index (χ2v) is 3.77. The number of anilines is 2. The molecule has 5 heteroatoms. The van der Waals surface area contributed by atoms with Gasteiger partial charge in [-0.05, 0) is 25.1 Å². The first kappa shape index (κ1) is 9.77. The van der Waals surface area contributed by atoms with Gasteiger partial charge in [0.15, 0.2) is 0 Å². The average molecular weight is 225 g/mol. The van der Waals surface area contributed by atoms with Crippen LogP contribution in [0.3, 0.4) is 0 Å². The van der Waals surface area contributed by atoms with Crippen molar-refractivity contribution in [3.63, 3.8) is 0 Å². The number of nitrogens with zero attached hydrogens (tertiary/aromatic N) is 3. The Morgan fingerprint density at radius 2 is 2.18 bits per heavy atom. The van der Waals surface area contributed by atoms with Crippen LogP contribution in [0.5, 0.6) is 0 Å². The van der Waals surface area contributed by atoms with Gasteiger partial charge in [0.1, 0.15) is 5.82 Å². The summed E-state index contributed by atoms with van der Waals surface area (Å²) in [6.45, 7) is 1.98. The van der Waals surface area contributed by atoms with Crippen LogP contribution in [0.25, 0.3) is 10.9 Å². The summed E-state index contributed by atoms with van der Waals surface area (Å²) in [5.74, 6) is 0.793. The van der Waals surface area contributed by atoms with Crippen LogP contribution < -0.4 is 5.32 Å². The second kappa shape index (κ2) is 3.86. The Bertz CT molecular complexity index is 644. The Kier molecular flexibility index (Phi) is 2.22. The lowest BCUT2D eigenvalue weighted by Gasteiger charge is -2.05. The highest BCUT2D eigenvalue weighted by molar-refractivity contribution is 5.92. The molecule has 0 aliphatic heterocycles. The smallest absolute Gasteiger partial charge is 0.141 e. The number of H-pyrrole nitrogens is 1. The zero-order valence-electron chi connectivity index (χ0n) is 9.31. The fraction of sp³-hybridized carbons (Fsp3) is 0.0833. The van der Waals surface area contributed by atoms with Crippen molar-refractivity contribution in [2.45, 2.75) is 6.92 Å². The van der Waals surface area contributed by atoms with Gasteiger partial charge in [0.25, 0.3) is 0 Å². The molecule has 0 saturated carbocycles. The van der Waals surface area contributed by atoms with Crippen molar-refractivity contribution in [2.24, 2.45) is 0 Å². The summed E-state index contributed by atoms with van der Waals surface area (Å²) in [5, 5.41) is 11.4. The predicted octanol–water partition coefficient (Wildman–Crippen LogP) is 2.40. The molecular weight excluding hydrogens is 214 g/mol. The molecule has 0 amide bonds. The van der Waals surface area contributed by atoms with E-state index >= 15 is 0 Å². The van der Waals surface area contributed by atoms with Crippen molar-refractivity contribution < 1.29 is 0 Å². The Hall–Kier alpha value is -2.43. The Morgan fingerprint density at radius 3 is 3.00 bits per heavy atom. The van der Waals surface area contributed by atoms with Gasteiger partial charge in [-0.25, -0.2) is 4.98 Å². The van der Waals surface area contributed by atoms with E-state index in [0.717, 1.165) is 28.1 Å². The van der Waals surface area contributed by atoms with Gasteiger partial charge in [0.05, 0.1) is 22.8 Å². The molecule has 17 heavy (non-hydrogen) atoms. The van der Waals surface area contributed by atoms with E-state index in [-0.39, 0.29) is 0 Å². The van der Waals surface area contributed by atoms with Crippen molar-refractivity contribution in [1.29, 1.82) is 0 Å². The molecule has 2 N–H and O–H groups in total. The number of fused-ring (bicyclic) bond motifs is 1. The van der Waals surface area contributed by atoms with Crippen molar-refractivity contribution in [3.8, 4) is 0 Å². The summed E-state index contributed by atoms with van der Waals surface area (Å²) < 4.78 is 0. The molecule has 5 nitrogen and oxygen atoms in total. The molecule has 84 valence electrons. The number of aromatic nitrogens is 4. The third kappa shape index (κ3) is 1.71. The fourth-order valence-electron chi connectivity index (χ4n) is 1.78. The molecule has 0 radical (unpaired) electrons. The fourth-order valence-corrected chi connectivity index (χ4v) is 1.78. The van der Waals surface area contributed by atoms with Gasteiger partial charge in [-0.2, -0.15) is 5.10 Å². The Balaban J connectivity index is 2.09. The van der Waals surface area contributed by atoms with Crippen LogP contribution in [0, 0.1) is 6.92 Å². The largest absolute Gasteiger partial charge is 0.338 e. The molecule has 0 aliphatic rings. The van der Waals surface area contributed by atoms with Crippen molar-refractivity contribution in [1.82, 2.24) is 20.2 Å². The Morgan fingerprint density at radius 1 is 1.24 bits per heavy atom. The SMILES string of the molecule is Cc1[nH]nc2ccnc(Nc3cccnc3)c12. The van der Waals surface area contributed by atoms with Crippen LogP contribution in [0.15, 0.2) is 36.8 Å². The van der Waals surface area contributed by atoms with Crippen LogP contribution in [-0.2, 0) is 0 Å². The van der Waals surface area contributed by atoms with Crippen molar-refractivity contribution in [2.75, 3.05) is 5.32 Å². The van der Waals surface area contributed by atoms with E-state index in [9.17, 15) is 0 Å². The number of pyridine rings is 2. The lowest BCUT2D eigenvalue weighted by atomic mass is 10.2. The third-order valence-electron chi connectivity index (χ3n) is 2.57. The quantitative estimate of drug-likeness (QED) is 0.702. The highest BCUT2D eigenvalue weighted by Crippen LogP contribution is 2.24. The van der Waals surface area contributed by atoms with Crippen molar-refractivity contribution >= 4 is 22.4 Å². The monoisotopic (exact) mass is 225 g/mol. The van der Waals surface area contributed by atoms with E-state index in [1.807, 2.05) is 25.1 Å². The molecule has 0 saturated heterocycles. The molecule has 0 unspecified atom stereocenters. The lowest BCUT2D eigenvalue weighted by molar-refractivity contribution is 1.07. The molecule has 0 spiro atoms. The van der Waals surface area contributed by atoms with E-state index in [1.54, 1.807) is 18.6 Å². The number of rotatable bonds is 2.